The van der Waals surface area contributed by atoms with Crippen LogP contribution in [0.4, 0.5) is 0 Å². The summed E-state index contributed by atoms with van der Waals surface area (Å²) in [4.78, 5) is 2.69. The van der Waals surface area contributed by atoms with E-state index in [0.717, 1.165) is 12.6 Å². The second-order valence-electron chi connectivity index (χ2n) is 4.88. The first-order valence-corrected chi connectivity index (χ1v) is 6.76. The molecule has 0 amide bonds. The van der Waals surface area contributed by atoms with Gasteiger partial charge in [0.15, 0.2) is 0 Å². The first kappa shape index (κ1) is 13.0. The molecule has 0 aromatic carbocycles. The third-order valence-electron chi connectivity index (χ3n) is 3.21. The van der Waals surface area contributed by atoms with Crippen molar-refractivity contribution in [2.45, 2.75) is 65.0 Å². The fraction of sp³-hybridized carbons (Fsp3) is 1.00. The molecule has 0 spiro atoms. The maximum atomic E-state index is 3.57. The van der Waals surface area contributed by atoms with Crippen LogP contribution in [0.3, 0.4) is 0 Å². The molecular weight excluding hydrogens is 184 g/mol. The van der Waals surface area contributed by atoms with Gasteiger partial charge in [-0.05, 0) is 45.7 Å². The van der Waals surface area contributed by atoms with E-state index in [1.165, 1.54) is 45.2 Å². The topological polar surface area (TPSA) is 15.3 Å². The molecule has 2 heteroatoms. The molecule has 0 radical (unpaired) electrons. The van der Waals surface area contributed by atoms with Crippen molar-refractivity contribution in [3.63, 3.8) is 0 Å². The first-order chi connectivity index (χ1) is 7.29. The van der Waals surface area contributed by atoms with E-state index in [0.29, 0.717) is 6.04 Å². The van der Waals surface area contributed by atoms with Crippen LogP contribution in [0, 0.1) is 0 Å². The van der Waals surface area contributed by atoms with E-state index >= 15 is 0 Å². The Morgan fingerprint density at radius 3 is 2.53 bits per heavy atom. The minimum absolute atomic E-state index is 0.717. The zero-order valence-corrected chi connectivity index (χ0v) is 10.8. The van der Waals surface area contributed by atoms with E-state index in [9.17, 15) is 0 Å². The SMILES string of the molecule is CCCCNCC(C)N(CCC)C1CC1. The number of unbranched alkanes of at least 4 members (excludes halogenated alkanes) is 1. The minimum Gasteiger partial charge on any atom is -0.315 e. The van der Waals surface area contributed by atoms with Crippen LogP contribution in [-0.2, 0) is 0 Å². The molecule has 1 atom stereocenters. The van der Waals surface area contributed by atoms with E-state index in [1.807, 2.05) is 0 Å². The molecule has 15 heavy (non-hydrogen) atoms. The van der Waals surface area contributed by atoms with Crippen LogP contribution in [0.25, 0.3) is 0 Å². The monoisotopic (exact) mass is 212 g/mol. The summed E-state index contributed by atoms with van der Waals surface area (Å²) in [5.74, 6) is 0. The molecule has 0 heterocycles. The largest absolute Gasteiger partial charge is 0.315 e. The highest BCUT2D eigenvalue weighted by molar-refractivity contribution is 4.87. The zero-order chi connectivity index (χ0) is 11.1. The van der Waals surface area contributed by atoms with Crippen molar-refractivity contribution in [2.24, 2.45) is 0 Å². The van der Waals surface area contributed by atoms with Crippen molar-refractivity contribution in [3.8, 4) is 0 Å². The summed E-state index contributed by atoms with van der Waals surface area (Å²) in [6, 6.07) is 1.63. The quantitative estimate of drug-likeness (QED) is 0.591. The van der Waals surface area contributed by atoms with Gasteiger partial charge >= 0.3 is 0 Å². The van der Waals surface area contributed by atoms with Gasteiger partial charge in [0, 0.05) is 18.6 Å². The highest BCUT2D eigenvalue weighted by Crippen LogP contribution is 2.28. The summed E-state index contributed by atoms with van der Waals surface area (Å²) < 4.78 is 0. The second kappa shape index (κ2) is 7.24. The second-order valence-corrected chi connectivity index (χ2v) is 4.88. The average Bonchev–Trinajstić information content (AvgIpc) is 3.04. The molecule has 1 fully saturated rings. The molecule has 0 aromatic rings. The Hall–Kier alpha value is -0.0800. The van der Waals surface area contributed by atoms with Crippen LogP contribution in [0.1, 0.15) is 52.9 Å². The summed E-state index contributed by atoms with van der Waals surface area (Å²) in [5, 5.41) is 3.57. The van der Waals surface area contributed by atoms with Crippen LogP contribution in [0.2, 0.25) is 0 Å². The van der Waals surface area contributed by atoms with E-state index in [2.05, 4.69) is 31.0 Å². The van der Waals surface area contributed by atoms with Crippen molar-refractivity contribution >= 4 is 0 Å². The standard InChI is InChI=1S/C13H28N2/c1-4-6-9-14-11-12(3)15(10-5-2)13-7-8-13/h12-14H,4-11H2,1-3H3. The Kier molecular flexibility index (Phi) is 6.26. The Labute approximate surface area is 95.4 Å². The molecule has 2 nitrogen and oxygen atoms in total. The number of hydrogen-bond acceptors (Lipinski definition) is 2. The van der Waals surface area contributed by atoms with E-state index < -0.39 is 0 Å². The Morgan fingerprint density at radius 1 is 1.27 bits per heavy atom. The summed E-state index contributed by atoms with van der Waals surface area (Å²) in [6.07, 6.45) is 6.75. The Balaban J connectivity index is 2.14. The molecule has 0 bridgehead atoms. The Morgan fingerprint density at radius 2 is 2.00 bits per heavy atom. The predicted octanol–water partition coefficient (Wildman–Crippen LogP) is 2.64. The van der Waals surface area contributed by atoms with Crippen LogP contribution < -0.4 is 5.32 Å². The van der Waals surface area contributed by atoms with E-state index in [4.69, 9.17) is 0 Å². The highest BCUT2D eigenvalue weighted by Gasteiger charge is 2.30. The lowest BCUT2D eigenvalue weighted by atomic mass is 10.2. The Bertz CT molecular complexity index is 155. The molecular formula is C13H28N2. The summed E-state index contributed by atoms with van der Waals surface area (Å²) in [5.41, 5.74) is 0. The number of nitrogens with zero attached hydrogens (tertiary/aromatic N) is 1. The zero-order valence-electron chi connectivity index (χ0n) is 10.8. The summed E-state index contributed by atoms with van der Waals surface area (Å²) in [7, 11) is 0. The van der Waals surface area contributed by atoms with Crippen molar-refractivity contribution in [2.75, 3.05) is 19.6 Å². The average molecular weight is 212 g/mol. The lowest BCUT2D eigenvalue weighted by molar-refractivity contribution is 0.194. The molecule has 0 saturated heterocycles. The number of nitrogens with one attached hydrogen (secondary N) is 1. The van der Waals surface area contributed by atoms with Gasteiger partial charge < -0.3 is 5.32 Å². The van der Waals surface area contributed by atoms with Crippen LogP contribution in [-0.4, -0.2) is 36.6 Å². The van der Waals surface area contributed by atoms with Gasteiger partial charge in [0.2, 0.25) is 0 Å². The third-order valence-corrected chi connectivity index (χ3v) is 3.21. The van der Waals surface area contributed by atoms with Crippen molar-refractivity contribution < 1.29 is 0 Å². The van der Waals surface area contributed by atoms with Gasteiger partial charge in [-0.25, -0.2) is 0 Å². The van der Waals surface area contributed by atoms with Gasteiger partial charge in [0.1, 0.15) is 0 Å². The molecule has 1 N–H and O–H groups in total. The van der Waals surface area contributed by atoms with Gasteiger partial charge in [-0.3, -0.25) is 4.90 Å². The normalized spacial score (nSPS) is 18.4. The fourth-order valence-electron chi connectivity index (χ4n) is 2.16. The van der Waals surface area contributed by atoms with Gasteiger partial charge in [-0.1, -0.05) is 20.3 Å². The van der Waals surface area contributed by atoms with Crippen molar-refractivity contribution in [1.82, 2.24) is 10.2 Å². The maximum absolute atomic E-state index is 3.57. The molecule has 1 rings (SSSR count). The molecule has 1 unspecified atom stereocenters. The number of hydrogen-bond donors (Lipinski definition) is 1. The third kappa shape index (κ3) is 4.98. The van der Waals surface area contributed by atoms with Gasteiger partial charge in [-0.15, -0.1) is 0 Å². The molecule has 1 aliphatic carbocycles. The lowest BCUT2D eigenvalue weighted by Gasteiger charge is -2.29. The minimum atomic E-state index is 0.717. The molecule has 1 saturated carbocycles. The molecule has 0 aromatic heterocycles. The lowest BCUT2D eigenvalue weighted by Crippen LogP contribution is -2.42. The van der Waals surface area contributed by atoms with Crippen LogP contribution >= 0.6 is 0 Å². The fourth-order valence-corrected chi connectivity index (χ4v) is 2.16. The molecule has 0 aliphatic heterocycles. The van der Waals surface area contributed by atoms with Crippen LogP contribution in [0.15, 0.2) is 0 Å². The van der Waals surface area contributed by atoms with Crippen LogP contribution in [0.5, 0.6) is 0 Å². The number of rotatable bonds is 9. The van der Waals surface area contributed by atoms with E-state index in [-0.39, 0.29) is 0 Å². The first-order valence-electron chi connectivity index (χ1n) is 6.76. The summed E-state index contributed by atoms with van der Waals surface area (Å²) in [6.45, 7) is 10.5. The summed E-state index contributed by atoms with van der Waals surface area (Å²) >= 11 is 0. The van der Waals surface area contributed by atoms with Gasteiger partial charge in [0.25, 0.3) is 0 Å². The highest BCUT2D eigenvalue weighted by atomic mass is 15.2. The molecule has 1 aliphatic rings. The molecule has 90 valence electrons. The smallest absolute Gasteiger partial charge is 0.0195 e. The predicted molar refractivity (Wildman–Crippen MR) is 67.3 cm³/mol. The van der Waals surface area contributed by atoms with Crippen molar-refractivity contribution in [1.29, 1.82) is 0 Å². The van der Waals surface area contributed by atoms with Gasteiger partial charge in [0.05, 0.1) is 0 Å². The van der Waals surface area contributed by atoms with Crippen molar-refractivity contribution in [3.05, 3.63) is 0 Å². The van der Waals surface area contributed by atoms with Gasteiger partial charge in [-0.2, -0.15) is 0 Å². The van der Waals surface area contributed by atoms with E-state index in [1.54, 1.807) is 0 Å². The maximum Gasteiger partial charge on any atom is 0.0195 e.